The van der Waals surface area contributed by atoms with Crippen LogP contribution in [0.3, 0.4) is 0 Å². The van der Waals surface area contributed by atoms with Crippen molar-refractivity contribution in [3.05, 3.63) is 81.0 Å². The minimum atomic E-state index is -0.579. The van der Waals surface area contributed by atoms with E-state index in [2.05, 4.69) is 10.1 Å². The number of thiazole rings is 1. The molecule has 0 spiro atoms. The van der Waals surface area contributed by atoms with E-state index in [-0.39, 0.29) is 15.0 Å². The van der Waals surface area contributed by atoms with E-state index in [0.717, 1.165) is 27.7 Å². The molecule has 0 fully saturated rings. The SMILES string of the molecule is CCOc1ccc(/C=N/N(C(=O)c2ccc([N+](=O)[O-])s2)c2nc3ccc(F)cc3s2)cc1. The fourth-order valence-electron chi connectivity index (χ4n) is 2.75. The molecule has 0 radical (unpaired) electrons. The Kier molecular flexibility index (Phi) is 6.19. The number of thiophene rings is 1. The molecule has 2 aromatic carbocycles. The fraction of sp³-hybridized carbons (Fsp3) is 0.0952. The number of ether oxygens (including phenoxy) is 1. The van der Waals surface area contributed by atoms with Gasteiger partial charge in [0.25, 0.3) is 5.91 Å². The van der Waals surface area contributed by atoms with E-state index >= 15 is 0 Å². The van der Waals surface area contributed by atoms with Gasteiger partial charge in [0.1, 0.15) is 16.4 Å². The number of carbonyl (C=O) groups is 1. The van der Waals surface area contributed by atoms with E-state index in [1.165, 1.54) is 36.5 Å². The van der Waals surface area contributed by atoms with Gasteiger partial charge in [-0.25, -0.2) is 9.37 Å². The summed E-state index contributed by atoms with van der Waals surface area (Å²) in [6, 6.07) is 13.9. The number of carbonyl (C=O) groups excluding carboxylic acids is 1. The Morgan fingerprint density at radius 1 is 1.22 bits per heavy atom. The third kappa shape index (κ3) is 4.63. The number of fused-ring (bicyclic) bond motifs is 1. The summed E-state index contributed by atoms with van der Waals surface area (Å²) in [5, 5.41) is 16.4. The van der Waals surface area contributed by atoms with Gasteiger partial charge in [0.2, 0.25) is 5.13 Å². The molecule has 0 aliphatic heterocycles. The number of nitrogens with zero attached hydrogens (tertiary/aromatic N) is 4. The lowest BCUT2D eigenvalue weighted by Crippen LogP contribution is -2.24. The summed E-state index contributed by atoms with van der Waals surface area (Å²) >= 11 is 1.84. The minimum absolute atomic E-state index is 0.131. The Balaban J connectivity index is 1.70. The van der Waals surface area contributed by atoms with Crippen molar-refractivity contribution in [1.82, 2.24) is 4.98 Å². The molecular formula is C21H15FN4O4S2. The second-order valence-corrected chi connectivity index (χ2v) is 8.44. The van der Waals surface area contributed by atoms with Crippen LogP contribution in [0.4, 0.5) is 14.5 Å². The zero-order valence-corrected chi connectivity index (χ0v) is 18.2. The van der Waals surface area contributed by atoms with Gasteiger partial charge in [-0.3, -0.25) is 14.9 Å². The molecule has 8 nitrogen and oxygen atoms in total. The van der Waals surface area contributed by atoms with Crippen molar-refractivity contribution in [3.63, 3.8) is 0 Å². The Morgan fingerprint density at radius 2 is 2.00 bits per heavy atom. The van der Waals surface area contributed by atoms with E-state index in [0.29, 0.717) is 28.1 Å². The number of hydrogen-bond donors (Lipinski definition) is 0. The van der Waals surface area contributed by atoms with Crippen LogP contribution in [-0.4, -0.2) is 28.6 Å². The summed E-state index contributed by atoms with van der Waals surface area (Å²) in [7, 11) is 0. The number of amides is 1. The molecule has 162 valence electrons. The topological polar surface area (TPSA) is 97.9 Å². The van der Waals surface area contributed by atoms with Gasteiger partial charge >= 0.3 is 5.00 Å². The number of halogens is 1. The lowest BCUT2D eigenvalue weighted by molar-refractivity contribution is -0.380. The molecule has 0 saturated heterocycles. The fourth-order valence-corrected chi connectivity index (χ4v) is 4.44. The Bertz CT molecular complexity index is 1320. The lowest BCUT2D eigenvalue weighted by atomic mass is 10.2. The first-order chi connectivity index (χ1) is 15.4. The van der Waals surface area contributed by atoms with E-state index < -0.39 is 16.6 Å². The zero-order chi connectivity index (χ0) is 22.7. The van der Waals surface area contributed by atoms with Crippen LogP contribution in [0.5, 0.6) is 5.75 Å². The number of aromatic nitrogens is 1. The molecule has 0 bridgehead atoms. The highest BCUT2D eigenvalue weighted by molar-refractivity contribution is 7.22. The maximum absolute atomic E-state index is 13.6. The van der Waals surface area contributed by atoms with Crippen molar-refractivity contribution in [2.45, 2.75) is 6.92 Å². The van der Waals surface area contributed by atoms with Crippen LogP contribution in [0.1, 0.15) is 22.2 Å². The molecule has 32 heavy (non-hydrogen) atoms. The standard InChI is InChI=1S/C21H15FN4O4S2/c1-2-30-15-6-3-13(4-7-15)12-23-25(20(27)17-9-10-19(31-17)26(28)29)21-24-16-8-5-14(22)11-18(16)32-21/h3-12H,2H2,1H3/b23-12+. The molecule has 4 aromatic rings. The molecule has 0 aliphatic rings. The van der Waals surface area contributed by atoms with Crippen LogP contribution in [0.2, 0.25) is 0 Å². The monoisotopic (exact) mass is 470 g/mol. The number of hydrogen-bond acceptors (Lipinski definition) is 8. The van der Waals surface area contributed by atoms with Gasteiger partial charge < -0.3 is 4.74 Å². The van der Waals surface area contributed by atoms with Crippen LogP contribution >= 0.6 is 22.7 Å². The molecular weight excluding hydrogens is 455 g/mol. The summed E-state index contributed by atoms with van der Waals surface area (Å²) in [6.45, 7) is 2.43. The summed E-state index contributed by atoms with van der Waals surface area (Å²) in [5.41, 5.74) is 1.22. The zero-order valence-electron chi connectivity index (χ0n) is 16.6. The Labute approximate surface area is 189 Å². The summed E-state index contributed by atoms with van der Waals surface area (Å²) in [5.74, 6) is -0.293. The molecule has 2 heterocycles. The quantitative estimate of drug-likeness (QED) is 0.202. The van der Waals surface area contributed by atoms with E-state index in [1.54, 1.807) is 24.3 Å². The summed E-state index contributed by atoms with van der Waals surface area (Å²) in [6.07, 6.45) is 1.47. The van der Waals surface area contributed by atoms with E-state index in [1.807, 2.05) is 6.92 Å². The second kappa shape index (κ2) is 9.20. The Hall–Kier alpha value is -3.70. The van der Waals surface area contributed by atoms with Crippen LogP contribution in [0.15, 0.2) is 59.7 Å². The lowest BCUT2D eigenvalue weighted by Gasteiger charge is -2.12. The third-order valence-electron chi connectivity index (χ3n) is 4.21. The normalized spacial score (nSPS) is 11.2. The average Bonchev–Trinajstić information content (AvgIpc) is 3.42. The first-order valence-corrected chi connectivity index (χ1v) is 11.0. The number of rotatable bonds is 7. The molecule has 4 rings (SSSR count). The molecule has 0 atom stereocenters. The molecule has 11 heteroatoms. The van der Waals surface area contributed by atoms with Gasteiger partial charge in [0, 0.05) is 6.07 Å². The molecule has 1 amide bonds. The number of benzene rings is 2. The van der Waals surface area contributed by atoms with E-state index in [4.69, 9.17) is 4.74 Å². The summed E-state index contributed by atoms with van der Waals surface area (Å²) in [4.78, 5) is 28.1. The highest BCUT2D eigenvalue weighted by Gasteiger charge is 2.24. The predicted molar refractivity (Wildman–Crippen MR) is 123 cm³/mol. The van der Waals surface area contributed by atoms with Crippen molar-refractivity contribution in [1.29, 1.82) is 0 Å². The first-order valence-electron chi connectivity index (χ1n) is 9.36. The molecule has 0 aliphatic carbocycles. The van der Waals surface area contributed by atoms with Crippen molar-refractivity contribution >= 4 is 55.1 Å². The maximum Gasteiger partial charge on any atom is 0.324 e. The highest BCUT2D eigenvalue weighted by atomic mass is 32.1. The number of anilines is 1. The first kappa shape index (κ1) is 21.5. The predicted octanol–water partition coefficient (Wildman–Crippen LogP) is 5.48. The van der Waals surface area contributed by atoms with Gasteiger partial charge in [-0.05, 0) is 61.0 Å². The van der Waals surface area contributed by atoms with E-state index in [9.17, 15) is 19.3 Å². The second-order valence-electron chi connectivity index (χ2n) is 6.37. The maximum atomic E-state index is 13.6. The highest BCUT2D eigenvalue weighted by Crippen LogP contribution is 2.32. The minimum Gasteiger partial charge on any atom is -0.494 e. The van der Waals surface area contributed by atoms with Gasteiger partial charge in [0.15, 0.2) is 0 Å². The van der Waals surface area contributed by atoms with Crippen LogP contribution in [0.25, 0.3) is 10.2 Å². The van der Waals surface area contributed by atoms with Crippen molar-refractivity contribution in [2.24, 2.45) is 5.10 Å². The van der Waals surface area contributed by atoms with Crippen molar-refractivity contribution in [2.75, 3.05) is 11.6 Å². The summed E-state index contributed by atoms with van der Waals surface area (Å²) < 4.78 is 19.6. The van der Waals surface area contributed by atoms with Crippen molar-refractivity contribution < 1.29 is 18.8 Å². The van der Waals surface area contributed by atoms with Crippen molar-refractivity contribution in [3.8, 4) is 5.75 Å². The van der Waals surface area contributed by atoms with Crippen LogP contribution in [-0.2, 0) is 0 Å². The molecule has 0 unspecified atom stereocenters. The van der Waals surface area contributed by atoms with Crippen LogP contribution < -0.4 is 9.75 Å². The van der Waals surface area contributed by atoms with Gasteiger partial charge in [0.05, 0.1) is 28.0 Å². The number of hydrazone groups is 1. The molecule has 0 N–H and O–H groups in total. The third-order valence-corrected chi connectivity index (χ3v) is 6.23. The van der Waals surface area contributed by atoms with Crippen LogP contribution in [0, 0.1) is 15.9 Å². The smallest absolute Gasteiger partial charge is 0.324 e. The largest absolute Gasteiger partial charge is 0.494 e. The number of nitro groups is 1. The van der Waals surface area contributed by atoms with Gasteiger partial charge in [-0.15, -0.1) is 0 Å². The molecule has 0 saturated carbocycles. The Morgan fingerprint density at radius 3 is 2.69 bits per heavy atom. The molecule has 2 aromatic heterocycles. The van der Waals surface area contributed by atoms with Gasteiger partial charge in [-0.1, -0.05) is 22.7 Å². The average molecular weight is 471 g/mol. The van der Waals surface area contributed by atoms with Gasteiger partial charge in [-0.2, -0.15) is 10.1 Å².